The summed E-state index contributed by atoms with van der Waals surface area (Å²) >= 11 is 0. The molecule has 16 heavy (non-hydrogen) atoms. The second kappa shape index (κ2) is 3.79. The predicted molar refractivity (Wildman–Crippen MR) is 65.3 cm³/mol. The smallest absolute Gasteiger partial charge is 0.201 e. The molecule has 0 aliphatic rings. The summed E-state index contributed by atoms with van der Waals surface area (Å²) in [7, 11) is 1.69. The second-order valence-corrected chi connectivity index (χ2v) is 4.54. The monoisotopic (exact) mass is 219 g/mol. The zero-order valence-electron chi connectivity index (χ0n) is 9.90. The lowest BCUT2D eigenvalue weighted by Gasteiger charge is -2.27. The van der Waals surface area contributed by atoms with Crippen molar-refractivity contribution in [3.8, 4) is 0 Å². The molecule has 0 saturated carbocycles. The van der Waals surface area contributed by atoms with E-state index in [-0.39, 0.29) is 5.54 Å². The van der Waals surface area contributed by atoms with Crippen molar-refractivity contribution in [3.63, 3.8) is 0 Å². The summed E-state index contributed by atoms with van der Waals surface area (Å²) in [5.41, 5.74) is 7.73. The third kappa shape index (κ3) is 1.65. The van der Waals surface area contributed by atoms with Gasteiger partial charge in [0.1, 0.15) is 0 Å². The van der Waals surface area contributed by atoms with Gasteiger partial charge in [0.2, 0.25) is 5.95 Å². The maximum absolute atomic E-state index is 5.97. The number of anilines is 1. The third-order valence-corrected chi connectivity index (χ3v) is 2.69. The number of imidazole rings is 1. The van der Waals surface area contributed by atoms with Gasteiger partial charge in [-0.25, -0.2) is 4.98 Å². The number of nitrogen functional groups attached to an aromatic ring is 1. The molecule has 0 atom stereocenters. The number of hydrogen-bond acceptors (Lipinski definition) is 3. The first-order valence-corrected chi connectivity index (χ1v) is 5.28. The number of nitrogens with two attached hydrogens (primary N) is 1. The quantitative estimate of drug-likeness (QED) is 0.859. The Bertz CT molecular complexity index is 502. The number of fused-ring (bicyclic) bond motifs is 1. The maximum Gasteiger partial charge on any atom is 0.201 e. The lowest BCUT2D eigenvalue weighted by atomic mass is 10.1. The van der Waals surface area contributed by atoms with Crippen molar-refractivity contribution in [1.29, 1.82) is 0 Å². The Morgan fingerprint density at radius 1 is 1.38 bits per heavy atom. The van der Waals surface area contributed by atoms with E-state index in [1.165, 1.54) is 0 Å². The molecule has 0 saturated heterocycles. The van der Waals surface area contributed by atoms with Crippen LogP contribution in [0.2, 0.25) is 0 Å². The highest BCUT2D eigenvalue weighted by molar-refractivity contribution is 5.78. The van der Waals surface area contributed by atoms with Crippen LogP contribution in [0.3, 0.4) is 0 Å². The van der Waals surface area contributed by atoms with Gasteiger partial charge in [0.25, 0.3) is 0 Å². The zero-order chi connectivity index (χ0) is 11.8. The van der Waals surface area contributed by atoms with Crippen molar-refractivity contribution in [3.05, 3.63) is 24.3 Å². The van der Waals surface area contributed by atoms with Crippen LogP contribution in [0.5, 0.6) is 0 Å². The van der Waals surface area contributed by atoms with Gasteiger partial charge in [0.05, 0.1) is 23.2 Å². The van der Waals surface area contributed by atoms with Crippen LogP contribution in [0.25, 0.3) is 11.0 Å². The topological polar surface area (TPSA) is 53.1 Å². The average Bonchev–Trinajstić information content (AvgIpc) is 2.53. The Balaban J connectivity index is 2.63. The minimum absolute atomic E-state index is 0.199. The minimum atomic E-state index is -0.199. The Hall–Kier alpha value is -1.55. The number of rotatable bonds is 3. The molecule has 0 fully saturated rings. The Morgan fingerprint density at radius 3 is 2.75 bits per heavy atom. The summed E-state index contributed by atoms with van der Waals surface area (Å²) in [5, 5.41) is 0. The molecule has 0 unspecified atom stereocenters. The van der Waals surface area contributed by atoms with E-state index in [1.54, 1.807) is 7.11 Å². The Labute approximate surface area is 95.0 Å². The summed E-state index contributed by atoms with van der Waals surface area (Å²) < 4.78 is 7.25. The normalized spacial score (nSPS) is 12.2. The Morgan fingerprint density at radius 2 is 2.06 bits per heavy atom. The molecule has 0 spiro atoms. The van der Waals surface area contributed by atoms with Crippen LogP contribution in [-0.2, 0) is 10.3 Å². The number of benzene rings is 1. The molecule has 0 bridgehead atoms. The van der Waals surface area contributed by atoms with Crippen LogP contribution < -0.4 is 5.73 Å². The van der Waals surface area contributed by atoms with Gasteiger partial charge in [-0.05, 0) is 26.0 Å². The molecule has 4 heteroatoms. The number of nitrogens with zero attached hydrogens (tertiary/aromatic N) is 2. The van der Waals surface area contributed by atoms with Crippen LogP contribution in [0, 0.1) is 0 Å². The molecule has 4 nitrogen and oxygen atoms in total. The predicted octanol–water partition coefficient (Wildman–Crippen LogP) is 2.00. The molecule has 86 valence electrons. The summed E-state index contributed by atoms with van der Waals surface area (Å²) in [6.07, 6.45) is 0. The fourth-order valence-electron chi connectivity index (χ4n) is 2.10. The molecular formula is C12H17N3O. The van der Waals surface area contributed by atoms with Crippen molar-refractivity contribution < 1.29 is 4.74 Å². The SMILES string of the molecule is COCC(C)(C)n1c(N)nc2ccccc21. The molecular weight excluding hydrogens is 202 g/mol. The summed E-state index contributed by atoms with van der Waals surface area (Å²) in [6, 6.07) is 7.94. The zero-order valence-corrected chi connectivity index (χ0v) is 9.90. The van der Waals surface area contributed by atoms with Crippen molar-refractivity contribution in [2.24, 2.45) is 0 Å². The van der Waals surface area contributed by atoms with Gasteiger partial charge in [0, 0.05) is 7.11 Å². The van der Waals surface area contributed by atoms with Gasteiger partial charge >= 0.3 is 0 Å². The molecule has 0 aliphatic heterocycles. The van der Waals surface area contributed by atoms with Crippen molar-refractivity contribution >= 4 is 17.0 Å². The summed E-state index contributed by atoms with van der Waals surface area (Å²) in [6.45, 7) is 4.76. The molecule has 1 aromatic heterocycles. The fraction of sp³-hybridized carbons (Fsp3) is 0.417. The number of hydrogen-bond donors (Lipinski definition) is 1. The van der Waals surface area contributed by atoms with E-state index < -0.39 is 0 Å². The van der Waals surface area contributed by atoms with E-state index >= 15 is 0 Å². The lowest BCUT2D eigenvalue weighted by Crippen LogP contribution is -2.32. The molecule has 2 aromatic rings. The van der Waals surface area contributed by atoms with Crippen molar-refractivity contribution in [2.75, 3.05) is 19.5 Å². The van der Waals surface area contributed by atoms with Crippen LogP contribution in [0.4, 0.5) is 5.95 Å². The molecule has 0 amide bonds. The van der Waals surface area contributed by atoms with E-state index in [2.05, 4.69) is 18.8 Å². The van der Waals surface area contributed by atoms with Crippen LogP contribution >= 0.6 is 0 Å². The van der Waals surface area contributed by atoms with Gasteiger partial charge in [0.15, 0.2) is 0 Å². The summed E-state index contributed by atoms with van der Waals surface area (Å²) in [5.74, 6) is 0.531. The molecule has 2 N–H and O–H groups in total. The van der Waals surface area contributed by atoms with Crippen molar-refractivity contribution in [2.45, 2.75) is 19.4 Å². The van der Waals surface area contributed by atoms with Gasteiger partial charge in [-0.15, -0.1) is 0 Å². The first-order valence-electron chi connectivity index (χ1n) is 5.28. The number of para-hydroxylation sites is 2. The molecule has 1 heterocycles. The fourth-order valence-corrected chi connectivity index (χ4v) is 2.10. The van der Waals surface area contributed by atoms with E-state index in [4.69, 9.17) is 10.5 Å². The van der Waals surface area contributed by atoms with E-state index in [9.17, 15) is 0 Å². The maximum atomic E-state index is 5.97. The highest BCUT2D eigenvalue weighted by atomic mass is 16.5. The average molecular weight is 219 g/mol. The van der Waals surface area contributed by atoms with Gasteiger partial charge in [-0.2, -0.15) is 0 Å². The molecule has 0 aliphatic carbocycles. The highest BCUT2D eigenvalue weighted by Crippen LogP contribution is 2.26. The third-order valence-electron chi connectivity index (χ3n) is 2.69. The van der Waals surface area contributed by atoms with Gasteiger partial charge in [-0.1, -0.05) is 12.1 Å². The molecule has 0 radical (unpaired) electrons. The summed E-state index contributed by atoms with van der Waals surface area (Å²) in [4.78, 5) is 4.35. The van der Waals surface area contributed by atoms with E-state index in [0.29, 0.717) is 12.6 Å². The number of aromatic nitrogens is 2. The first-order chi connectivity index (χ1) is 7.56. The van der Waals surface area contributed by atoms with Crippen molar-refractivity contribution in [1.82, 2.24) is 9.55 Å². The standard InChI is InChI=1S/C12H17N3O/c1-12(2,8-16-3)15-10-7-5-4-6-9(10)14-11(15)13/h4-7H,8H2,1-3H3,(H2,13,14). The number of methoxy groups -OCH3 is 1. The first kappa shape index (κ1) is 11.0. The van der Waals surface area contributed by atoms with Crippen LogP contribution in [0.1, 0.15) is 13.8 Å². The largest absolute Gasteiger partial charge is 0.382 e. The van der Waals surface area contributed by atoms with Crippen LogP contribution in [0.15, 0.2) is 24.3 Å². The lowest BCUT2D eigenvalue weighted by molar-refractivity contribution is 0.113. The Kier molecular flexibility index (Phi) is 2.59. The minimum Gasteiger partial charge on any atom is -0.382 e. The highest BCUT2D eigenvalue weighted by Gasteiger charge is 2.24. The second-order valence-electron chi connectivity index (χ2n) is 4.54. The van der Waals surface area contributed by atoms with Gasteiger partial charge in [-0.3, -0.25) is 0 Å². The van der Waals surface area contributed by atoms with E-state index in [0.717, 1.165) is 11.0 Å². The van der Waals surface area contributed by atoms with Gasteiger partial charge < -0.3 is 15.0 Å². The molecule has 1 aromatic carbocycles. The number of ether oxygens (including phenoxy) is 1. The molecule has 2 rings (SSSR count). The van der Waals surface area contributed by atoms with E-state index in [1.807, 2.05) is 28.8 Å². The van der Waals surface area contributed by atoms with Crippen LogP contribution in [-0.4, -0.2) is 23.3 Å².